The molecule has 0 aliphatic heterocycles. The van der Waals surface area contributed by atoms with Crippen LogP contribution in [0.15, 0.2) is 0 Å². The van der Waals surface area contributed by atoms with Gasteiger partial charge in [-0.1, -0.05) is 64.7 Å². The summed E-state index contributed by atoms with van der Waals surface area (Å²) in [4.78, 5) is 0. The van der Waals surface area contributed by atoms with Crippen molar-refractivity contribution in [3.05, 3.63) is 0 Å². The quantitative estimate of drug-likeness (QED) is 0.482. The molecule has 0 bridgehead atoms. The van der Waals surface area contributed by atoms with E-state index in [1.165, 1.54) is 51.4 Å². The lowest BCUT2D eigenvalue weighted by molar-refractivity contribution is 0.0990. The van der Waals surface area contributed by atoms with E-state index in [1.54, 1.807) is 0 Å². The fourth-order valence-electron chi connectivity index (χ4n) is 2.00. The molecule has 0 aliphatic rings. The second-order valence-corrected chi connectivity index (χ2v) is 5.03. The van der Waals surface area contributed by atoms with Gasteiger partial charge in [-0.15, -0.1) is 12.4 Å². The summed E-state index contributed by atoms with van der Waals surface area (Å²) < 4.78 is 0. The van der Waals surface area contributed by atoms with Crippen molar-refractivity contribution in [3.63, 3.8) is 0 Å². The Kier molecular flexibility index (Phi) is 17.3. The predicted octanol–water partition coefficient (Wildman–Crippen LogP) is 3.01. The third-order valence-corrected chi connectivity index (χ3v) is 3.31. The highest BCUT2D eigenvalue weighted by atomic mass is 35.5. The van der Waals surface area contributed by atoms with Crippen molar-refractivity contribution in [3.8, 4) is 0 Å². The van der Waals surface area contributed by atoms with E-state index in [1.807, 2.05) is 0 Å². The highest BCUT2D eigenvalue weighted by molar-refractivity contribution is 5.85. The monoisotopic (exact) mass is 281 g/mol. The zero-order chi connectivity index (χ0) is 12.9. The van der Waals surface area contributed by atoms with E-state index in [-0.39, 0.29) is 19.0 Å². The van der Waals surface area contributed by atoms with Crippen LogP contribution in [-0.4, -0.2) is 29.0 Å². The average molecular weight is 282 g/mol. The smallest absolute Gasteiger partial charge is 0.0713 e. The lowest BCUT2D eigenvalue weighted by atomic mass is 10.0. The van der Waals surface area contributed by atoms with Crippen molar-refractivity contribution in [1.29, 1.82) is 0 Å². The summed E-state index contributed by atoms with van der Waals surface area (Å²) in [6.07, 6.45) is 11.7. The fourth-order valence-corrected chi connectivity index (χ4v) is 2.00. The van der Waals surface area contributed by atoms with Crippen LogP contribution in [0.1, 0.15) is 71.1 Å². The average Bonchev–Trinajstić information content (AvgIpc) is 2.35. The first-order chi connectivity index (χ1) is 8.22. The predicted molar refractivity (Wildman–Crippen MR) is 80.2 cm³/mol. The molecule has 0 rings (SSSR count). The van der Waals surface area contributed by atoms with Gasteiger partial charge in [-0.25, -0.2) is 0 Å². The minimum Gasteiger partial charge on any atom is -0.395 e. The van der Waals surface area contributed by atoms with E-state index >= 15 is 0 Å². The zero-order valence-electron chi connectivity index (χ0n) is 11.8. The van der Waals surface area contributed by atoms with Crippen molar-refractivity contribution in [1.82, 2.24) is 0 Å². The van der Waals surface area contributed by atoms with Gasteiger partial charge < -0.3 is 15.9 Å². The van der Waals surface area contributed by atoms with Gasteiger partial charge in [0.05, 0.1) is 18.8 Å². The number of nitrogens with two attached hydrogens (primary N) is 1. The molecule has 0 aromatic carbocycles. The molecule has 0 aromatic heterocycles. The Hall–Kier alpha value is 0.170. The lowest BCUT2D eigenvalue weighted by Crippen LogP contribution is -2.37. The van der Waals surface area contributed by atoms with Gasteiger partial charge in [-0.2, -0.15) is 0 Å². The van der Waals surface area contributed by atoms with Crippen LogP contribution in [0.25, 0.3) is 0 Å². The first-order valence-electron chi connectivity index (χ1n) is 7.26. The molecule has 18 heavy (non-hydrogen) atoms. The van der Waals surface area contributed by atoms with Gasteiger partial charge in [0.2, 0.25) is 0 Å². The highest BCUT2D eigenvalue weighted by Gasteiger charge is 2.12. The van der Waals surface area contributed by atoms with E-state index in [0.29, 0.717) is 0 Å². The van der Waals surface area contributed by atoms with Gasteiger partial charge >= 0.3 is 0 Å². The number of rotatable bonds is 12. The molecular weight excluding hydrogens is 250 g/mol. The second kappa shape index (κ2) is 15.2. The second-order valence-electron chi connectivity index (χ2n) is 5.03. The van der Waals surface area contributed by atoms with Crippen LogP contribution in [0, 0.1) is 0 Å². The van der Waals surface area contributed by atoms with Gasteiger partial charge in [0.15, 0.2) is 0 Å². The number of halogens is 1. The number of unbranched alkanes of at least 4 members (excludes halogenated alkanes) is 8. The first-order valence-corrected chi connectivity index (χ1v) is 7.26. The van der Waals surface area contributed by atoms with Gasteiger partial charge in [0.1, 0.15) is 0 Å². The van der Waals surface area contributed by atoms with Crippen LogP contribution >= 0.6 is 12.4 Å². The van der Waals surface area contributed by atoms with E-state index in [2.05, 4.69) is 6.92 Å². The largest absolute Gasteiger partial charge is 0.395 e. The zero-order valence-corrected chi connectivity index (χ0v) is 12.6. The Labute approximate surface area is 119 Å². The molecule has 0 heterocycles. The van der Waals surface area contributed by atoms with Gasteiger partial charge in [0, 0.05) is 0 Å². The molecule has 112 valence electrons. The van der Waals surface area contributed by atoms with E-state index < -0.39 is 12.1 Å². The lowest BCUT2D eigenvalue weighted by Gasteiger charge is -2.15. The highest BCUT2D eigenvalue weighted by Crippen LogP contribution is 2.11. The summed E-state index contributed by atoms with van der Waals surface area (Å²) in [5.74, 6) is 0. The Morgan fingerprint density at radius 1 is 0.889 bits per heavy atom. The van der Waals surface area contributed by atoms with Crippen molar-refractivity contribution < 1.29 is 10.2 Å². The van der Waals surface area contributed by atoms with Gasteiger partial charge in [-0.3, -0.25) is 0 Å². The molecule has 0 aliphatic carbocycles. The van der Waals surface area contributed by atoms with Crippen LogP contribution < -0.4 is 5.73 Å². The van der Waals surface area contributed by atoms with Crippen molar-refractivity contribution in [2.75, 3.05) is 6.61 Å². The Morgan fingerprint density at radius 2 is 1.33 bits per heavy atom. The molecule has 0 aromatic rings. The van der Waals surface area contributed by atoms with E-state index in [4.69, 9.17) is 10.8 Å². The summed E-state index contributed by atoms with van der Waals surface area (Å²) in [5, 5.41) is 18.3. The molecule has 0 spiro atoms. The molecule has 0 saturated heterocycles. The number of hydrogen-bond acceptors (Lipinski definition) is 3. The summed E-state index contributed by atoms with van der Waals surface area (Å²) >= 11 is 0. The minimum absolute atomic E-state index is 0. The molecule has 3 nitrogen and oxygen atoms in total. The standard InChI is InChI=1S/C14H31NO2.ClH/c1-2-3-4-5-6-7-8-9-10-11-14(17)13(15)12-16;/h13-14,16-17H,2-12,15H2,1H3;1H. The summed E-state index contributed by atoms with van der Waals surface area (Å²) in [7, 11) is 0. The summed E-state index contributed by atoms with van der Waals surface area (Å²) in [5.41, 5.74) is 5.53. The van der Waals surface area contributed by atoms with Crippen LogP contribution in [0.5, 0.6) is 0 Å². The van der Waals surface area contributed by atoms with Crippen LogP contribution in [-0.2, 0) is 0 Å². The molecular formula is C14H32ClNO2. The summed E-state index contributed by atoms with van der Waals surface area (Å²) in [6.45, 7) is 2.11. The third kappa shape index (κ3) is 12.6. The Balaban J connectivity index is 0. The molecule has 0 saturated carbocycles. The molecule has 0 amide bonds. The van der Waals surface area contributed by atoms with Crippen molar-refractivity contribution >= 4 is 12.4 Å². The maximum Gasteiger partial charge on any atom is 0.0713 e. The molecule has 0 fully saturated rings. The topological polar surface area (TPSA) is 66.5 Å². The van der Waals surface area contributed by atoms with Crippen molar-refractivity contribution in [2.45, 2.75) is 83.3 Å². The maximum absolute atomic E-state index is 9.53. The maximum atomic E-state index is 9.53. The molecule has 2 atom stereocenters. The van der Waals surface area contributed by atoms with E-state index in [0.717, 1.165) is 12.8 Å². The number of aliphatic hydroxyl groups is 2. The molecule has 0 radical (unpaired) electrons. The molecule has 2 unspecified atom stereocenters. The number of aliphatic hydroxyl groups excluding tert-OH is 2. The third-order valence-electron chi connectivity index (χ3n) is 3.31. The van der Waals surface area contributed by atoms with E-state index in [9.17, 15) is 5.11 Å². The SMILES string of the molecule is CCCCCCCCCCCC(O)C(N)CO.Cl. The van der Waals surface area contributed by atoms with Crippen LogP contribution in [0.2, 0.25) is 0 Å². The molecule has 4 heteroatoms. The van der Waals surface area contributed by atoms with Crippen LogP contribution in [0.3, 0.4) is 0 Å². The minimum atomic E-state index is -0.537. The van der Waals surface area contributed by atoms with Crippen molar-refractivity contribution in [2.24, 2.45) is 5.73 Å². The fraction of sp³-hybridized carbons (Fsp3) is 1.00. The Morgan fingerprint density at radius 3 is 1.78 bits per heavy atom. The van der Waals surface area contributed by atoms with Crippen LogP contribution in [0.4, 0.5) is 0 Å². The summed E-state index contributed by atoms with van der Waals surface area (Å²) in [6, 6.07) is -0.468. The first kappa shape index (κ1) is 20.5. The Bertz CT molecular complexity index is 159. The van der Waals surface area contributed by atoms with Gasteiger partial charge in [-0.05, 0) is 6.42 Å². The van der Waals surface area contributed by atoms with Gasteiger partial charge in [0.25, 0.3) is 0 Å². The number of hydrogen-bond donors (Lipinski definition) is 3. The normalized spacial score (nSPS) is 14.0. The molecule has 4 N–H and O–H groups in total.